The van der Waals surface area contributed by atoms with Crippen molar-refractivity contribution in [3.05, 3.63) is 59.8 Å². The van der Waals surface area contributed by atoms with Gasteiger partial charge in [0.05, 0.1) is 0 Å². The van der Waals surface area contributed by atoms with Gasteiger partial charge in [-0.1, -0.05) is 6.42 Å². The number of aromatic amines is 1. The van der Waals surface area contributed by atoms with Crippen LogP contribution >= 0.6 is 0 Å². The minimum absolute atomic E-state index is 0.300. The summed E-state index contributed by atoms with van der Waals surface area (Å²) in [6, 6.07) is 13.2. The van der Waals surface area contributed by atoms with E-state index in [0.717, 1.165) is 23.5 Å². The minimum atomic E-state index is -0.300. The Balaban J connectivity index is 1.30. The fraction of sp³-hybridized carbons (Fsp3) is 0.360. The van der Waals surface area contributed by atoms with E-state index in [1.165, 1.54) is 56.1 Å². The number of urea groups is 1. The number of H-pyrrole nitrogens is 1. The first-order valence-corrected chi connectivity index (χ1v) is 11.2. The van der Waals surface area contributed by atoms with Crippen molar-refractivity contribution in [2.75, 3.05) is 23.7 Å². The van der Waals surface area contributed by atoms with E-state index in [-0.39, 0.29) is 6.03 Å². The first kappa shape index (κ1) is 19.8. The number of aldehydes is 1. The van der Waals surface area contributed by atoms with E-state index >= 15 is 0 Å². The number of hydrogen-bond donors (Lipinski definition) is 3. The second kappa shape index (κ2) is 8.55. The van der Waals surface area contributed by atoms with Crippen molar-refractivity contribution in [3.8, 4) is 0 Å². The number of aromatic nitrogens is 1. The second-order valence-electron chi connectivity index (χ2n) is 8.73. The fourth-order valence-electron chi connectivity index (χ4n) is 5.17. The highest BCUT2D eigenvalue weighted by Crippen LogP contribution is 2.38. The summed E-state index contributed by atoms with van der Waals surface area (Å²) < 4.78 is 0. The molecule has 3 heterocycles. The maximum Gasteiger partial charge on any atom is 0.323 e. The van der Waals surface area contributed by atoms with E-state index in [1.54, 1.807) is 24.3 Å². The minimum Gasteiger partial charge on any atom is -0.361 e. The van der Waals surface area contributed by atoms with Gasteiger partial charge in [-0.2, -0.15) is 0 Å². The molecular weight excluding hydrogens is 388 g/mol. The largest absolute Gasteiger partial charge is 0.361 e. The molecule has 2 fully saturated rings. The average molecular weight is 417 g/mol. The fourth-order valence-corrected chi connectivity index (χ4v) is 5.17. The molecule has 6 heteroatoms. The molecule has 0 aliphatic carbocycles. The van der Waals surface area contributed by atoms with E-state index < -0.39 is 0 Å². The summed E-state index contributed by atoms with van der Waals surface area (Å²) in [5.41, 5.74) is 4.47. The summed E-state index contributed by atoms with van der Waals surface area (Å²) in [6.45, 7) is 2.44. The predicted molar refractivity (Wildman–Crippen MR) is 124 cm³/mol. The van der Waals surface area contributed by atoms with Crippen LogP contribution in [-0.2, 0) is 0 Å². The summed E-state index contributed by atoms with van der Waals surface area (Å²) >= 11 is 0. The van der Waals surface area contributed by atoms with E-state index in [9.17, 15) is 9.59 Å². The van der Waals surface area contributed by atoms with Gasteiger partial charge in [-0.3, -0.25) is 4.79 Å². The molecule has 31 heavy (non-hydrogen) atoms. The first-order chi connectivity index (χ1) is 15.2. The Morgan fingerprint density at radius 2 is 1.81 bits per heavy atom. The lowest BCUT2D eigenvalue weighted by Crippen LogP contribution is -2.44. The van der Waals surface area contributed by atoms with Gasteiger partial charge in [0, 0.05) is 40.1 Å². The number of piperidine rings is 2. The van der Waals surface area contributed by atoms with Crippen LogP contribution in [0.25, 0.3) is 10.9 Å². The maximum absolute atomic E-state index is 12.4. The Bertz CT molecular complexity index is 1090. The molecule has 6 nitrogen and oxygen atoms in total. The summed E-state index contributed by atoms with van der Waals surface area (Å²) in [6.07, 6.45) is 9.37. The number of hydrogen-bond acceptors (Lipinski definition) is 3. The number of nitrogens with zero attached hydrogens (tertiary/aromatic N) is 1. The number of fused-ring (bicyclic) bond motifs is 2. The van der Waals surface area contributed by atoms with Crippen molar-refractivity contribution < 1.29 is 9.59 Å². The molecule has 2 saturated heterocycles. The zero-order valence-corrected chi connectivity index (χ0v) is 17.6. The Hall–Kier alpha value is -3.12. The van der Waals surface area contributed by atoms with Crippen LogP contribution in [0.1, 0.15) is 53.9 Å². The highest BCUT2D eigenvalue weighted by molar-refractivity contribution is 6.01. The number of carbonyl (C=O) groups excluding carboxylic acids is 2. The Morgan fingerprint density at radius 1 is 1.00 bits per heavy atom. The molecule has 2 atom stereocenters. The van der Waals surface area contributed by atoms with Gasteiger partial charge >= 0.3 is 6.03 Å². The van der Waals surface area contributed by atoms with Crippen molar-refractivity contribution in [2.45, 2.75) is 44.1 Å². The van der Waals surface area contributed by atoms with Crippen molar-refractivity contribution in [3.63, 3.8) is 0 Å². The molecule has 5 rings (SSSR count). The summed E-state index contributed by atoms with van der Waals surface area (Å²) in [5.74, 6) is 0.563. The Labute approximate surface area is 182 Å². The molecule has 0 saturated carbocycles. The molecule has 2 unspecified atom stereocenters. The standard InChI is InChI=1S/C25H28N4O2/c30-16-17-4-6-19(7-5-17)27-25(31)28-20-8-9-24-22(14-20)23(15-26-24)18-10-12-29-11-2-1-3-21(29)13-18/h4-9,14-16,18,21,26H,1-3,10-13H2,(H2,27,28,31). The SMILES string of the molecule is O=Cc1ccc(NC(=O)Nc2ccc3[nH]cc(C4CCN5CCCCC5C4)c3c2)cc1. The molecule has 1 aromatic heterocycles. The van der Waals surface area contributed by atoms with Crippen LogP contribution in [0.4, 0.5) is 16.2 Å². The van der Waals surface area contributed by atoms with Gasteiger partial charge in [0.25, 0.3) is 0 Å². The quantitative estimate of drug-likeness (QED) is 0.501. The zero-order valence-electron chi connectivity index (χ0n) is 17.6. The van der Waals surface area contributed by atoms with Gasteiger partial charge in [0.2, 0.25) is 0 Å². The monoisotopic (exact) mass is 416 g/mol. The van der Waals surface area contributed by atoms with Gasteiger partial charge in [-0.15, -0.1) is 0 Å². The lowest BCUT2D eigenvalue weighted by Gasteiger charge is -2.42. The van der Waals surface area contributed by atoms with Crippen LogP contribution in [-0.4, -0.2) is 41.3 Å². The third kappa shape index (κ3) is 4.21. The highest BCUT2D eigenvalue weighted by Gasteiger charge is 2.31. The molecular formula is C25H28N4O2. The van der Waals surface area contributed by atoms with Gasteiger partial charge in [-0.25, -0.2) is 4.79 Å². The van der Waals surface area contributed by atoms with Crippen LogP contribution in [0, 0.1) is 0 Å². The van der Waals surface area contributed by atoms with Gasteiger partial charge in [0.15, 0.2) is 0 Å². The molecule has 3 N–H and O–H groups in total. The number of amides is 2. The zero-order chi connectivity index (χ0) is 21.2. The van der Waals surface area contributed by atoms with Crippen LogP contribution < -0.4 is 10.6 Å². The molecule has 3 aromatic rings. The van der Waals surface area contributed by atoms with Crippen LogP contribution in [0.2, 0.25) is 0 Å². The van der Waals surface area contributed by atoms with E-state index in [2.05, 4.69) is 32.8 Å². The lowest BCUT2D eigenvalue weighted by molar-refractivity contribution is 0.0977. The smallest absolute Gasteiger partial charge is 0.323 e. The Kier molecular flexibility index (Phi) is 5.47. The third-order valence-electron chi connectivity index (χ3n) is 6.79. The van der Waals surface area contributed by atoms with Crippen molar-refractivity contribution in [2.24, 2.45) is 0 Å². The van der Waals surface area contributed by atoms with E-state index in [0.29, 0.717) is 17.2 Å². The van der Waals surface area contributed by atoms with Crippen LogP contribution in [0.15, 0.2) is 48.7 Å². The highest BCUT2D eigenvalue weighted by atomic mass is 16.2. The van der Waals surface area contributed by atoms with Crippen LogP contribution in [0.3, 0.4) is 0 Å². The average Bonchev–Trinajstić information content (AvgIpc) is 3.22. The molecule has 0 spiro atoms. The number of nitrogens with one attached hydrogen (secondary N) is 3. The number of anilines is 2. The summed E-state index contributed by atoms with van der Waals surface area (Å²) in [7, 11) is 0. The van der Waals surface area contributed by atoms with E-state index in [1.807, 2.05) is 12.1 Å². The van der Waals surface area contributed by atoms with Gasteiger partial charge in [0.1, 0.15) is 6.29 Å². The maximum atomic E-state index is 12.4. The van der Waals surface area contributed by atoms with Gasteiger partial charge < -0.3 is 20.5 Å². The Morgan fingerprint density at radius 3 is 2.65 bits per heavy atom. The van der Waals surface area contributed by atoms with Crippen molar-refractivity contribution >= 4 is 34.6 Å². The number of rotatable bonds is 4. The normalized spacial score (nSPS) is 21.4. The molecule has 0 radical (unpaired) electrons. The summed E-state index contributed by atoms with van der Waals surface area (Å²) in [5, 5.41) is 6.94. The third-order valence-corrected chi connectivity index (χ3v) is 6.79. The number of carbonyl (C=O) groups is 2. The molecule has 2 aliphatic rings. The van der Waals surface area contributed by atoms with Crippen molar-refractivity contribution in [1.29, 1.82) is 0 Å². The van der Waals surface area contributed by atoms with Crippen LogP contribution in [0.5, 0.6) is 0 Å². The lowest BCUT2D eigenvalue weighted by atomic mass is 9.82. The first-order valence-electron chi connectivity index (χ1n) is 11.2. The number of benzene rings is 2. The predicted octanol–water partition coefficient (Wildman–Crippen LogP) is 5.36. The molecule has 2 aromatic carbocycles. The molecule has 160 valence electrons. The van der Waals surface area contributed by atoms with E-state index in [4.69, 9.17) is 0 Å². The molecule has 2 amide bonds. The molecule has 2 aliphatic heterocycles. The second-order valence-corrected chi connectivity index (χ2v) is 8.73. The molecule has 0 bridgehead atoms. The van der Waals surface area contributed by atoms with Crippen molar-refractivity contribution in [1.82, 2.24) is 9.88 Å². The summed E-state index contributed by atoms with van der Waals surface area (Å²) in [4.78, 5) is 29.3. The topological polar surface area (TPSA) is 77.2 Å². The van der Waals surface area contributed by atoms with Gasteiger partial charge in [-0.05, 0) is 92.7 Å².